The van der Waals surface area contributed by atoms with E-state index in [1.807, 2.05) is 7.05 Å². The quantitative estimate of drug-likeness (QED) is 0.689. The molecule has 12 heavy (non-hydrogen) atoms. The lowest BCUT2D eigenvalue weighted by Gasteiger charge is -2.04. The molecule has 4 nitrogen and oxygen atoms in total. The Labute approximate surface area is 71.5 Å². The zero-order valence-corrected chi connectivity index (χ0v) is 7.42. The van der Waals surface area contributed by atoms with Crippen molar-refractivity contribution in [2.45, 2.75) is 19.6 Å². The van der Waals surface area contributed by atoms with E-state index in [-0.39, 0.29) is 0 Å². The van der Waals surface area contributed by atoms with Crippen molar-refractivity contribution in [1.29, 1.82) is 0 Å². The molecule has 0 spiro atoms. The predicted molar refractivity (Wildman–Crippen MR) is 44.4 cm³/mol. The van der Waals surface area contributed by atoms with Gasteiger partial charge in [-0.2, -0.15) is 0 Å². The van der Waals surface area contributed by atoms with E-state index in [0.29, 0.717) is 0 Å². The van der Waals surface area contributed by atoms with Gasteiger partial charge in [-0.3, -0.25) is 4.90 Å². The molecule has 0 radical (unpaired) electrons. The van der Waals surface area contributed by atoms with Gasteiger partial charge in [-0.25, -0.2) is 0 Å². The van der Waals surface area contributed by atoms with Gasteiger partial charge < -0.3 is 9.84 Å². The zero-order chi connectivity index (χ0) is 8.55. The van der Waals surface area contributed by atoms with Gasteiger partial charge in [0.25, 0.3) is 0 Å². The number of aromatic nitrogens is 1. The minimum absolute atomic E-state index is 0.798. The van der Waals surface area contributed by atoms with Crippen LogP contribution in [0.4, 0.5) is 0 Å². The SMILES string of the molecule is CNCc1noc2c1CN(C)C2. The number of rotatable bonds is 2. The summed E-state index contributed by atoms with van der Waals surface area (Å²) in [6.45, 7) is 2.66. The first kappa shape index (κ1) is 7.76. The third kappa shape index (κ3) is 1.13. The van der Waals surface area contributed by atoms with E-state index < -0.39 is 0 Å². The van der Waals surface area contributed by atoms with Gasteiger partial charge in [-0.05, 0) is 14.1 Å². The molecule has 0 unspecified atom stereocenters. The zero-order valence-electron chi connectivity index (χ0n) is 7.42. The molecule has 0 amide bonds. The summed E-state index contributed by atoms with van der Waals surface area (Å²) in [5, 5.41) is 7.07. The molecule has 0 saturated heterocycles. The van der Waals surface area contributed by atoms with Crippen molar-refractivity contribution in [3.05, 3.63) is 17.0 Å². The van der Waals surface area contributed by atoms with E-state index in [9.17, 15) is 0 Å². The molecule has 0 atom stereocenters. The van der Waals surface area contributed by atoms with Crippen LogP contribution in [0.2, 0.25) is 0 Å². The summed E-state index contributed by atoms with van der Waals surface area (Å²) >= 11 is 0. The second kappa shape index (κ2) is 2.88. The summed E-state index contributed by atoms with van der Waals surface area (Å²) in [6, 6.07) is 0. The number of hydrogen-bond acceptors (Lipinski definition) is 4. The van der Waals surface area contributed by atoms with E-state index in [1.54, 1.807) is 0 Å². The van der Waals surface area contributed by atoms with Crippen LogP contribution in [-0.2, 0) is 19.6 Å². The number of nitrogens with zero attached hydrogens (tertiary/aromatic N) is 2. The molecular weight excluding hydrogens is 154 g/mol. The lowest BCUT2D eigenvalue weighted by molar-refractivity contribution is 0.295. The molecule has 2 heterocycles. The van der Waals surface area contributed by atoms with Crippen LogP contribution in [0.15, 0.2) is 4.52 Å². The van der Waals surface area contributed by atoms with E-state index in [4.69, 9.17) is 4.52 Å². The van der Waals surface area contributed by atoms with Gasteiger partial charge in [-0.15, -0.1) is 0 Å². The maximum absolute atomic E-state index is 5.20. The van der Waals surface area contributed by atoms with Crippen LogP contribution < -0.4 is 5.32 Å². The number of hydrogen-bond donors (Lipinski definition) is 1. The van der Waals surface area contributed by atoms with E-state index in [0.717, 1.165) is 31.1 Å². The van der Waals surface area contributed by atoms with Gasteiger partial charge in [0, 0.05) is 18.7 Å². The smallest absolute Gasteiger partial charge is 0.155 e. The second-order valence-electron chi connectivity index (χ2n) is 3.23. The van der Waals surface area contributed by atoms with Gasteiger partial charge in [0.1, 0.15) is 5.69 Å². The fourth-order valence-electron chi connectivity index (χ4n) is 1.56. The van der Waals surface area contributed by atoms with Gasteiger partial charge in [-0.1, -0.05) is 5.16 Å². The minimum Gasteiger partial charge on any atom is -0.359 e. The van der Waals surface area contributed by atoms with Gasteiger partial charge >= 0.3 is 0 Å². The Balaban J connectivity index is 2.24. The fraction of sp³-hybridized carbons (Fsp3) is 0.625. The standard InChI is InChI=1S/C8H13N3O/c1-9-3-7-6-4-11(2)5-8(6)12-10-7/h9H,3-5H2,1-2H3. The topological polar surface area (TPSA) is 41.3 Å². The van der Waals surface area contributed by atoms with Crippen LogP contribution in [0.25, 0.3) is 0 Å². The van der Waals surface area contributed by atoms with Crippen molar-refractivity contribution in [3.8, 4) is 0 Å². The van der Waals surface area contributed by atoms with Crippen LogP contribution in [0.5, 0.6) is 0 Å². The van der Waals surface area contributed by atoms with Crippen molar-refractivity contribution in [2.75, 3.05) is 14.1 Å². The molecule has 4 heteroatoms. The Kier molecular flexibility index (Phi) is 1.86. The summed E-state index contributed by atoms with van der Waals surface area (Å²) in [7, 11) is 4.00. The largest absolute Gasteiger partial charge is 0.359 e. The molecule has 1 aliphatic rings. The molecule has 1 aromatic heterocycles. The maximum Gasteiger partial charge on any atom is 0.155 e. The maximum atomic E-state index is 5.20. The minimum atomic E-state index is 0.798. The van der Waals surface area contributed by atoms with Crippen LogP contribution in [0.3, 0.4) is 0 Å². The number of fused-ring (bicyclic) bond motifs is 1. The van der Waals surface area contributed by atoms with Crippen molar-refractivity contribution in [2.24, 2.45) is 0 Å². The van der Waals surface area contributed by atoms with Gasteiger partial charge in [0.05, 0.1) is 6.54 Å². The average Bonchev–Trinajstić information content (AvgIpc) is 2.52. The Morgan fingerprint density at radius 1 is 1.58 bits per heavy atom. The highest BCUT2D eigenvalue weighted by atomic mass is 16.5. The molecule has 0 aromatic carbocycles. The molecule has 66 valence electrons. The third-order valence-electron chi connectivity index (χ3n) is 2.14. The Hall–Kier alpha value is -0.870. The first-order valence-corrected chi connectivity index (χ1v) is 4.10. The van der Waals surface area contributed by atoms with Crippen LogP contribution in [0, 0.1) is 0 Å². The average molecular weight is 167 g/mol. The molecule has 1 N–H and O–H groups in total. The molecule has 0 bridgehead atoms. The lowest BCUT2D eigenvalue weighted by Crippen LogP contribution is -2.11. The fourth-order valence-corrected chi connectivity index (χ4v) is 1.56. The van der Waals surface area contributed by atoms with Crippen LogP contribution in [0.1, 0.15) is 17.0 Å². The molecule has 0 fully saturated rings. The lowest BCUT2D eigenvalue weighted by atomic mass is 10.2. The predicted octanol–water partition coefficient (Wildman–Crippen LogP) is 0.339. The van der Waals surface area contributed by atoms with E-state index in [1.165, 1.54) is 5.56 Å². The van der Waals surface area contributed by atoms with Crippen molar-refractivity contribution in [3.63, 3.8) is 0 Å². The van der Waals surface area contributed by atoms with Crippen LogP contribution in [-0.4, -0.2) is 24.2 Å². The highest BCUT2D eigenvalue weighted by molar-refractivity contribution is 5.26. The first-order chi connectivity index (χ1) is 5.81. The molecule has 2 rings (SSSR count). The summed E-state index contributed by atoms with van der Waals surface area (Å²) in [5.74, 6) is 1.03. The van der Waals surface area contributed by atoms with Crippen molar-refractivity contribution >= 4 is 0 Å². The van der Waals surface area contributed by atoms with Gasteiger partial charge in [0.15, 0.2) is 5.76 Å². The summed E-state index contributed by atoms with van der Waals surface area (Å²) in [5.41, 5.74) is 2.32. The Bertz CT molecular complexity index is 282. The van der Waals surface area contributed by atoms with E-state index in [2.05, 4.69) is 22.4 Å². The Morgan fingerprint density at radius 2 is 2.42 bits per heavy atom. The van der Waals surface area contributed by atoms with Crippen molar-refractivity contribution in [1.82, 2.24) is 15.4 Å². The molecule has 1 aromatic rings. The molecule has 0 saturated carbocycles. The summed E-state index contributed by atoms with van der Waals surface area (Å²) in [4.78, 5) is 2.22. The second-order valence-corrected chi connectivity index (χ2v) is 3.23. The van der Waals surface area contributed by atoms with Crippen LogP contribution >= 0.6 is 0 Å². The first-order valence-electron chi connectivity index (χ1n) is 4.10. The monoisotopic (exact) mass is 167 g/mol. The highest BCUT2D eigenvalue weighted by Crippen LogP contribution is 2.23. The van der Waals surface area contributed by atoms with E-state index >= 15 is 0 Å². The molecule has 0 aliphatic carbocycles. The molecular formula is C8H13N3O. The van der Waals surface area contributed by atoms with Gasteiger partial charge in [0.2, 0.25) is 0 Å². The highest BCUT2D eigenvalue weighted by Gasteiger charge is 2.23. The van der Waals surface area contributed by atoms with Crippen molar-refractivity contribution < 1.29 is 4.52 Å². The Morgan fingerprint density at radius 3 is 3.17 bits per heavy atom. The molecule has 1 aliphatic heterocycles. The normalized spacial score (nSPS) is 16.8. The third-order valence-corrected chi connectivity index (χ3v) is 2.14. The summed E-state index contributed by atoms with van der Waals surface area (Å²) < 4.78 is 5.20. The summed E-state index contributed by atoms with van der Waals surface area (Å²) in [6.07, 6.45) is 0. The number of nitrogens with one attached hydrogen (secondary N) is 1.